The van der Waals surface area contributed by atoms with Crippen molar-refractivity contribution in [3.8, 4) is 5.75 Å². The molecule has 0 bridgehead atoms. The van der Waals surface area contributed by atoms with Crippen LogP contribution in [0.25, 0.3) is 10.9 Å². The summed E-state index contributed by atoms with van der Waals surface area (Å²) in [4.78, 5) is 12.0. The lowest BCUT2D eigenvalue weighted by molar-refractivity contribution is 0.231. The van der Waals surface area contributed by atoms with E-state index in [2.05, 4.69) is 97.1 Å². The number of hydrogen-bond acceptors (Lipinski definition) is 5. The average Bonchev–Trinajstić information content (AvgIpc) is 3.69. The lowest BCUT2D eigenvalue weighted by Gasteiger charge is -2.30. The summed E-state index contributed by atoms with van der Waals surface area (Å²) in [5.74, 6) is 4.69. The molecule has 0 amide bonds. The van der Waals surface area contributed by atoms with Crippen molar-refractivity contribution in [2.75, 3.05) is 32.1 Å². The summed E-state index contributed by atoms with van der Waals surface area (Å²) in [5, 5.41) is 4.90. The summed E-state index contributed by atoms with van der Waals surface area (Å²) in [7, 11) is 4.14. The van der Waals surface area contributed by atoms with Crippen LogP contribution in [0, 0.1) is 17.3 Å². The number of nitrogens with zero attached hydrogens (tertiary/aromatic N) is 3. The Morgan fingerprint density at radius 2 is 1.63 bits per heavy atom. The fraction of sp³-hybridized carbons (Fsp3) is 0.444. The summed E-state index contributed by atoms with van der Waals surface area (Å²) >= 11 is 0. The van der Waals surface area contributed by atoms with Gasteiger partial charge in [0.05, 0.1) is 5.52 Å². The number of aromatic nitrogens is 2. The number of rotatable bonds is 12. The Kier molecular flexibility index (Phi) is 8.52. The minimum Gasteiger partial charge on any atom is -0.489 e. The fourth-order valence-electron chi connectivity index (χ4n) is 6.89. The van der Waals surface area contributed by atoms with Gasteiger partial charge in [0.2, 0.25) is 0 Å². The third-order valence-corrected chi connectivity index (χ3v) is 9.44. The molecule has 1 atom stereocenters. The van der Waals surface area contributed by atoms with Crippen molar-refractivity contribution in [1.82, 2.24) is 15.3 Å². The summed E-state index contributed by atoms with van der Waals surface area (Å²) < 4.78 is 6.16. The smallest absolute Gasteiger partial charge is 0.139 e. The van der Waals surface area contributed by atoms with Crippen molar-refractivity contribution >= 4 is 16.7 Å². The zero-order valence-corrected chi connectivity index (χ0v) is 24.7. The highest BCUT2D eigenvalue weighted by atomic mass is 16.5. The van der Waals surface area contributed by atoms with Gasteiger partial charge in [-0.15, -0.1) is 0 Å². The molecule has 2 saturated carbocycles. The van der Waals surface area contributed by atoms with Gasteiger partial charge in [0.1, 0.15) is 24.0 Å². The highest BCUT2D eigenvalue weighted by Crippen LogP contribution is 2.63. The van der Waals surface area contributed by atoms with Crippen molar-refractivity contribution in [1.29, 1.82) is 0 Å². The van der Waals surface area contributed by atoms with Crippen molar-refractivity contribution in [2.24, 2.45) is 17.3 Å². The van der Waals surface area contributed by atoms with E-state index in [1.165, 1.54) is 49.7 Å². The Labute approximate surface area is 245 Å². The molecule has 4 aromatic rings. The molecule has 0 aliphatic heterocycles. The molecule has 1 N–H and O–H groups in total. The van der Waals surface area contributed by atoms with E-state index >= 15 is 0 Å². The van der Waals surface area contributed by atoms with Crippen LogP contribution >= 0.6 is 0 Å². The topological polar surface area (TPSA) is 50.3 Å². The fourth-order valence-corrected chi connectivity index (χ4v) is 6.89. The van der Waals surface area contributed by atoms with E-state index in [4.69, 9.17) is 14.7 Å². The second-order valence-electron chi connectivity index (χ2n) is 12.5. The SMILES string of the molecule is CN(C)c1nc(CC[C@H]2CC23CCC(CNCCc2ccccc2OCc2ccccc2)CC3)nc2ccccc12. The number of para-hydroxylation sites is 2. The number of hydrogen-bond donors (Lipinski definition) is 1. The second-order valence-corrected chi connectivity index (χ2v) is 12.5. The average molecular weight is 549 g/mol. The van der Waals surface area contributed by atoms with Crippen LogP contribution < -0.4 is 15.0 Å². The molecule has 2 fully saturated rings. The van der Waals surface area contributed by atoms with Gasteiger partial charge in [0.25, 0.3) is 0 Å². The number of fused-ring (bicyclic) bond motifs is 1. The van der Waals surface area contributed by atoms with Gasteiger partial charge in [-0.3, -0.25) is 0 Å². The Bertz CT molecular complexity index is 1430. The van der Waals surface area contributed by atoms with Crippen LogP contribution in [0.5, 0.6) is 5.75 Å². The van der Waals surface area contributed by atoms with E-state index in [0.717, 1.165) is 66.1 Å². The minimum atomic E-state index is 0.604. The molecule has 3 aromatic carbocycles. The monoisotopic (exact) mass is 548 g/mol. The Morgan fingerprint density at radius 1 is 0.878 bits per heavy atom. The summed E-state index contributed by atoms with van der Waals surface area (Å²) in [5.41, 5.74) is 4.15. The molecule has 1 heterocycles. The van der Waals surface area contributed by atoms with Crippen LogP contribution in [0.2, 0.25) is 0 Å². The molecule has 1 aromatic heterocycles. The highest BCUT2D eigenvalue weighted by molar-refractivity contribution is 5.89. The van der Waals surface area contributed by atoms with Crippen molar-refractivity contribution in [3.63, 3.8) is 0 Å². The van der Waals surface area contributed by atoms with Gasteiger partial charge in [-0.1, -0.05) is 60.7 Å². The summed E-state index contributed by atoms with van der Waals surface area (Å²) in [6.45, 7) is 2.74. The van der Waals surface area contributed by atoms with Crippen LogP contribution in [0.3, 0.4) is 0 Å². The first-order chi connectivity index (χ1) is 20.1. The van der Waals surface area contributed by atoms with E-state index in [9.17, 15) is 0 Å². The maximum Gasteiger partial charge on any atom is 0.139 e. The summed E-state index contributed by atoms with van der Waals surface area (Å²) in [6, 6.07) is 27.2. The first-order valence-electron chi connectivity index (χ1n) is 15.5. The predicted molar refractivity (Wildman–Crippen MR) is 168 cm³/mol. The molecular formula is C36H44N4O. The highest BCUT2D eigenvalue weighted by Gasteiger charge is 2.53. The molecule has 41 heavy (non-hydrogen) atoms. The van der Waals surface area contributed by atoms with Crippen LogP contribution in [-0.2, 0) is 19.4 Å². The van der Waals surface area contributed by atoms with Gasteiger partial charge >= 0.3 is 0 Å². The van der Waals surface area contributed by atoms with Crippen LogP contribution in [0.1, 0.15) is 55.5 Å². The minimum absolute atomic E-state index is 0.604. The normalized spacial score (nSPS) is 21.7. The van der Waals surface area contributed by atoms with Gasteiger partial charge in [0, 0.05) is 25.9 Å². The van der Waals surface area contributed by atoms with Crippen molar-refractivity contribution in [2.45, 2.75) is 58.0 Å². The molecule has 6 rings (SSSR count). The van der Waals surface area contributed by atoms with Crippen LogP contribution in [0.4, 0.5) is 5.82 Å². The lowest BCUT2D eigenvalue weighted by Crippen LogP contribution is -2.29. The number of nitrogens with one attached hydrogen (secondary N) is 1. The van der Waals surface area contributed by atoms with E-state index in [1.54, 1.807) is 0 Å². The van der Waals surface area contributed by atoms with Gasteiger partial charge in [-0.05, 0) is 105 Å². The van der Waals surface area contributed by atoms with E-state index in [1.807, 2.05) is 6.07 Å². The molecule has 0 saturated heterocycles. The first-order valence-corrected chi connectivity index (χ1v) is 15.5. The lowest BCUT2D eigenvalue weighted by atomic mass is 9.78. The predicted octanol–water partition coefficient (Wildman–Crippen LogP) is 7.24. The Balaban J connectivity index is 0.922. The molecule has 5 nitrogen and oxygen atoms in total. The van der Waals surface area contributed by atoms with Crippen molar-refractivity contribution < 1.29 is 4.74 Å². The van der Waals surface area contributed by atoms with Gasteiger partial charge in [-0.2, -0.15) is 0 Å². The quantitative estimate of drug-likeness (QED) is 0.189. The number of benzene rings is 3. The zero-order valence-electron chi connectivity index (χ0n) is 24.7. The molecule has 5 heteroatoms. The Morgan fingerprint density at radius 3 is 2.46 bits per heavy atom. The molecule has 1 spiro atoms. The molecule has 2 aliphatic carbocycles. The molecule has 0 unspecified atom stereocenters. The van der Waals surface area contributed by atoms with Gasteiger partial charge in [0.15, 0.2) is 0 Å². The largest absolute Gasteiger partial charge is 0.489 e. The van der Waals surface area contributed by atoms with E-state index in [0.29, 0.717) is 12.0 Å². The van der Waals surface area contributed by atoms with Crippen LogP contribution in [0.15, 0.2) is 78.9 Å². The van der Waals surface area contributed by atoms with Crippen molar-refractivity contribution in [3.05, 3.63) is 95.8 Å². The van der Waals surface area contributed by atoms with Gasteiger partial charge in [-0.25, -0.2) is 9.97 Å². The summed E-state index contributed by atoms with van der Waals surface area (Å²) in [6.07, 6.45) is 10.1. The van der Waals surface area contributed by atoms with Crippen LogP contribution in [-0.4, -0.2) is 37.2 Å². The third-order valence-electron chi connectivity index (χ3n) is 9.44. The van der Waals surface area contributed by atoms with Gasteiger partial charge < -0.3 is 15.0 Å². The second kappa shape index (κ2) is 12.6. The molecule has 2 aliphatic rings. The number of ether oxygens (including phenoxy) is 1. The van der Waals surface area contributed by atoms with E-state index < -0.39 is 0 Å². The zero-order chi connectivity index (χ0) is 28.1. The maximum atomic E-state index is 6.16. The number of anilines is 1. The molecular weight excluding hydrogens is 504 g/mol. The number of aryl methyl sites for hydroxylation is 1. The molecule has 214 valence electrons. The maximum absolute atomic E-state index is 6.16. The Hall–Kier alpha value is -3.44. The third kappa shape index (κ3) is 6.73. The standard InChI is InChI=1S/C36H44N4O/c1-40(2)35-31-13-7-8-14-32(31)38-34(39-35)17-16-30-24-36(30)21-18-27(19-22-36)25-37-23-20-29-12-6-9-15-33(29)41-26-28-10-4-3-5-11-28/h3-15,27,30,37H,16-26H2,1-2H3/t27?,30-,36?/m0/s1. The molecule has 0 radical (unpaired) electrons. The van der Waals surface area contributed by atoms with E-state index in [-0.39, 0.29) is 0 Å². The first kappa shape index (κ1) is 27.7.